The van der Waals surface area contributed by atoms with E-state index in [-0.39, 0.29) is 11.9 Å². The Morgan fingerprint density at radius 1 is 1.59 bits per heavy atom. The second-order valence-corrected chi connectivity index (χ2v) is 5.24. The van der Waals surface area contributed by atoms with Gasteiger partial charge in [0.15, 0.2) is 5.78 Å². The van der Waals surface area contributed by atoms with E-state index in [0.29, 0.717) is 13.0 Å². The number of carbonyl (C=O) groups excluding carboxylic acids is 1. The molecule has 17 heavy (non-hydrogen) atoms. The Labute approximate surface area is 106 Å². The smallest absolute Gasteiger partial charge is 0.168 e. The van der Waals surface area contributed by atoms with Crippen LogP contribution in [0.4, 0.5) is 0 Å². The minimum atomic E-state index is -0.235. The number of ketones is 1. The van der Waals surface area contributed by atoms with E-state index in [1.165, 1.54) is 5.56 Å². The number of aromatic nitrogens is 1. The lowest BCUT2D eigenvalue weighted by Gasteiger charge is -2.20. The second-order valence-electron chi connectivity index (χ2n) is 4.09. The Bertz CT molecular complexity index is 372. The maximum absolute atomic E-state index is 11.9. The predicted molar refractivity (Wildman–Crippen MR) is 69.4 cm³/mol. The van der Waals surface area contributed by atoms with Gasteiger partial charge in [-0.25, -0.2) is 0 Å². The number of rotatable bonds is 4. The molecule has 92 valence electrons. The van der Waals surface area contributed by atoms with Gasteiger partial charge < -0.3 is 4.74 Å². The summed E-state index contributed by atoms with van der Waals surface area (Å²) in [7, 11) is 0. The summed E-state index contributed by atoms with van der Waals surface area (Å²) < 4.78 is 5.46. The van der Waals surface area contributed by atoms with Crippen molar-refractivity contribution in [3.8, 4) is 0 Å². The van der Waals surface area contributed by atoms with E-state index in [0.717, 1.165) is 23.6 Å². The number of aryl methyl sites for hydroxylation is 1. The minimum absolute atomic E-state index is 0.147. The molecule has 0 radical (unpaired) electrons. The van der Waals surface area contributed by atoms with E-state index in [1.54, 1.807) is 11.8 Å². The third-order valence-electron chi connectivity index (χ3n) is 2.82. The molecule has 1 saturated heterocycles. The monoisotopic (exact) mass is 251 g/mol. The molecule has 4 heteroatoms. The van der Waals surface area contributed by atoms with E-state index in [9.17, 15) is 4.79 Å². The van der Waals surface area contributed by atoms with Gasteiger partial charge in [-0.1, -0.05) is 13.0 Å². The number of hydrogen-bond acceptors (Lipinski definition) is 4. The van der Waals surface area contributed by atoms with Crippen molar-refractivity contribution >= 4 is 17.5 Å². The van der Waals surface area contributed by atoms with Crippen LogP contribution in [0.2, 0.25) is 0 Å². The van der Waals surface area contributed by atoms with Gasteiger partial charge in [0, 0.05) is 23.4 Å². The molecule has 0 N–H and O–H groups in total. The SMILES string of the molecule is CCc1ccc(CC(=O)C2CSCCO2)nc1. The third kappa shape index (κ3) is 3.54. The van der Waals surface area contributed by atoms with E-state index in [2.05, 4.69) is 11.9 Å². The molecular formula is C13H17NO2S. The first-order valence-electron chi connectivity index (χ1n) is 5.95. The molecule has 2 rings (SSSR count). The summed E-state index contributed by atoms with van der Waals surface area (Å²) in [4.78, 5) is 16.2. The van der Waals surface area contributed by atoms with Gasteiger partial charge in [-0.05, 0) is 18.1 Å². The Morgan fingerprint density at radius 2 is 2.47 bits per heavy atom. The normalized spacial score (nSPS) is 20.2. The quantitative estimate of drug-likeness (QED) is 0.819. The van der Waals surface area contributed by atoms with Crippen LogP contribution in [0.25, 0.3) is 0 Å². The number of hydrogen-bond donors (Lipinski definition) is 0. The number of thioether (sulfide) groups is 1. The van der Waals surface area contributed by atoms with Gasteiger partial charge in [0.25, 0.3) is 0 Å². The highest BCUT2D eigenvalue weighted by atomic mass is 32.2. The van der Waals surface area contributed by atoms with Crippen molar-refractivity contribution in [2.45, 2.75) is 25.9 Å². The highest BCUT2D eigenvalue weighted by Gasteiger charge is 2.22. The van der Waals surface area contributed by atoms with Crippen LogP contribution in [-0.2, 0) is 22.4 Å². The molecule has 0 spiro atoms. The van der Waals surface area contributed by atoms with Gasteiger partial charge in [0.2, 0.25) is 0 Å². The highest BCUT2D eigenvalue weighted by Crippen LogP contribution is 2.14. The summed E-state index contributed by atoms with van der Waals surface area (Å²) in [6, 6.07) is 3.97. The number of ether oxygens (including phenoxy) is 1. The van der Waals surface area contributed by atoms with Gasteiger partial charge in [0.05, 0.1) is 13.0 Å². The van der Waals surface area contributed by atoms with Crippen molar-refractivity contribution in [2.24, 2.45) is 0 Å². The molecule has 0 bridgehead atoms. The van der Waals surface area contributed by atoms with Crippen LogP contribution >= 0.6 is 11.8 Å². The number of carbonyl (C=O) groups is 1. The molecule has 0 aromatic carbocycles. The van der Waals surface area contributed by atoms with Crippen LogP contribution in [0.1, 0.15) is 18.2 Å². The first-order chi connectivity index (χ1) is 8.29. The molecule has 0 aliphatic carbocycles. The zero-order valence-corrected chi connectivity index (χ0v) is 10.8. The van der Waals surface area contributed by atoms with Gasteiger partial charge in [-0.15, -0.1) is 0 Å². The maximum Gasteiger partial charge on any atom is 0.168 e. The molecular weight excluding hydrogens is 234 g/mol. The molecule has 1 aromatic heterocycles. The summed E-state index contributed by atoms with van der Waals surface area (Å²) in [5, 5.41) is 0. The second kappa shape index (κ2) is 6.17. The molecule has 1 aliphatic rings. The van der Waals surface area contributed by atoms with Gasteiger partial charge >= 0.3 is 0 Å². The van der Waals surface area contributed by atoms with Crippen molar-refractivity contribution in [3.63, 3.8) is 0 Å². The summed E-state index contributed by atoms with van der Waals surface area (Å²) >= 11 is 1.78. The Kier molecular flexibility index (Phi) is 4.57. The van der Waals surface area contributed by atoms with Crippen molar-refractivity contribution in [1.82, 2.24) is 4.98 Å². The molecule has 0 amide bonds. The zero-order valence-electron chi connectivity index (χ0n) is 10.0. The highest BCUT2D eigenvalue weighted by molar-refractivity contribution is 7.99. The molecule has 0 saturated carbocycles. The number of pyridine rings is 1. The van der Waals surface area contributed by atoms with E-state index < -0.39 is 0 Å². The van der Waals surface area contributed by atoms with Crippen LogP contribution in [0.5, 0.6) is 0 Å². The van der Waals surface area contributed by atoms with E-state index >= 15 is 0 Å². The average Bonchev–Trinajstić information content (AvgIpc) is 2.40. The Morgan fingerprint density at radius 3 is 3.06 bits per heavy atom. The molecule has 3 nitrogen and oxygen atoms in total. The van der Waals surface area contributed by atoms with Crippen LogP contribution in [0.15, 0.2) is 18.3 Å². The summed E-state index contributed by atoms with van der Waals surface area (Å²) in [6.07, 6.45) is 2.97. The molecule has 1 atom stereocenters. The van der Waals surface area contributed by atoms with Crippen molar-refractivity contribution in [3.05, 3.63) is 29.6 Å². The summed E-state index contributed by atoms with van der Waals surface area (Å²) in [6.45, 7) is 2.78. The Balaban J connectivity index is 1.92. The van der Waals surface area contributed by atoms with E-state index in [4.69, 9.17) is 4.74 Å². The zero-order chi connectivity index (χ0) is 12.1. The van der Waals surface area contributed by atoms with Gasteiger partial charge in [0.1, 0.15) is 6.10 Å². The minimum Gasteiger partial charge on any atom is -0.369 e. The maximum atomic E-state index is 11.9. The Hall–Kier alpha value is -0.870. The van der Waals surface area contributed by atoms with E-state index in [1.807, 2.05) is 18.3 Å². The van der Waals surface area contributed by atoms with Crippen molar-refractivity contribution < 1.29 is 9.53 Å². The number of nitrogens with zero attached hydrogens (tertiary/aromatic N) is 1. The van der Waals surface area contributed by atoms with Crippen LogP contribution < -0.4 is 0 Å². The molecule has 2 heterocycles. The standard InChI is InChI=1S/C13H17NO2S/c1-2-10-3-4-11(14-8-10)7-12(15)13-9-17-6-5-16-13/h3-4,8,13H,2,5-7,9H2,1H3. The lowest BCUT2D eigenvalue weighted by atomic mass is 10.1. The fraction of sp³-hybridized carbons (Fsp3) is 0.538. The lowest BCUT2D eigenvalue weighted by Crippen LogP contribution is -2.32. The fourth-order valence-electron chi connectivity index (χ4n) is 1.73. The van der Waals surface area contributed by atoms with Crippen LogP contribution in [-0.4, -0.2) is 35.0 Å². The average molecular weight is 251 g/mol. The first kappa shape index (κ1) is 12.6. The molecule has 1 fully saturated rings. The summed E-state index contributed by atoms with van der Waals surface area (Å²) in [5.41, 5.74) is 2.04. The third-order valence-corrected chi connectivity index (χ3v) is 3.82. The largest absolute Gasteiger partial charge is 0.369 e. The van der Waals surface area contributed by atoms with Gasteiger partial charge in [-0.3, -0.25) is 9.78 Å². The fourth-order valence-corrected chi connectivity index (χ4v) is 2.61. The van der Waals surface area contributed by atoms with Crippen LogP contribution in [0, 0.1) is 0 Å². The van der Waals surface area contributed by atoms with Gasteiger partial charge in [-0.2, -0.15) is 11.8 Å². The molecule has 1 aromatic rings. The molecule has 1 unspecified atom stereocenters. The molecule has 1 aliphatic heterocycles. The lowest BCUT2D eigenvalue weighted by molar-refractivity contribution is -0.128. The predicted octanol–water partition coefficient (Wildman–Crippen LogP) is 1.89. The van der Waals surface area contributed by atoms with Crippen molar-refractivity contribution in [2.75, 3.05) is 18.1 Å². The van der Waals surface area contributed by atoms with Crippen molar-refractivity contribution in [1.29, 1.82) is 0 Å². The topological polar surface area (TPSA) is 39.2 Å². The van der Waals surface area contributed by atoms with Crippen LogP contribution in [0.3, 0.4) is 0 Å². The first-order valence-corrected chi connectivity index (χ1v) is 7.11. The number of Topliss-reactive ketones (excluding diaryl/α,β-unsaturated/α-hetero) is 1. The summed E-state index contributed by atoms with van der Waals surface area (Å²) in [5.74, 6) is 1.92.